The van der Waals surface area contributed by atoms with Crippen LogP contribution in [0.4, 0.5) is 33.6 Å². The summed E-state index contributed by atoms with van der Waals surface area (Å²) in [5, 5.41) is 0. The molecule has 0 saturated carbocycles. The molecule has 0 saturated heterocycles. The zero-order valence-electron chi connectivity index (χ0n) is 21.4. The molecule has 0 aliphatic carbocycles. The van der Waals surface area contributed by atoms with Crippen LogP contribution in [-0.2, 0) is 11.3 Å². The summed E-state index contributed by atoms with van der Waals surface area (Å²) in [6, 6.07) is 25.8. The molecule has 1 aliphatic heterocycles. The van der Waals surface area contributed by atoms with Gasteiger partial charge in [-0.15, -0.1) is 0 Å². The number of hydrogen-bond acceptors (Lipinski definition) is 5. The van der Waals surface area contributed by atoms with Gasteiger partial charge in [-0.05, 0) is 55.0 Å². The Morgan fingerprint density at radius 3 is 2.29 bits per heavy atom. The minimum Gasteiger partial charge on any atom is -0.497 e. The van der Waals surface area contributed by atoms with Crippen molar-refractivity contribution in [1.82, 2.24) is 9.97 Å². The number of nitrogens with zero attached hydrogens (tertiary/aromatic N) is 5. The summed E-state index contributed by atoms with van der Waals surface area (Å²) in [6.07, 6.45) is 3.74. The molecule has 8 nitrogen and oxygen atoms in total. The number of methoxy groups -OCH3 is 1. The van der Waals surface area contributed by atoms with Gasteiger partial charge in [-0.1, -0.05) is 49.7 Å². The van der Waals surface area contributed by atoms with Gasteiger partial charge in [-0.2, -0.15) is 4.98 Å². The summed E-state index contributed by atoms with van der Waals surface area (Å²) < 4.78 is 5.28. The van der Waals surface area contributed by atoms with Crippen molar-refractivity contribution in [2.24, 2.45) is 0 Å². The van der Waals surface area contributed by atoms with E-state index < -0.39 is 0 Å². The van der Waals surface area contributed by atoms with E-state index in [9.17, 15) is 9.59 Å². The second-order valence-corrected chi connectivity index (χ2v) is 8.92. The monoisotopic (exact) mass is 507 g/mol. The van der Waals surface area contributed by atoms with Crippen LogP contribution in [0.25, 0.3) is 0 Å². The Balaban J connectivity index is 1.61. The van der Waals surface area contributed by atoms with Crippen molar-refractivity contribution >= 4 is 40.8 Å². The Kier molecular flexibility index (Phi) is 7.31. The first-order valence-electron chi connectivity index (χ1n) is 12.7. The predicted octanol–water partition coefficient (Wildman–Crippen LogP) is 6.62. The van der Waals surface area contributed by atoms with Crippen LogP contribution < -0.4 is 19.4 Å². The second kappa shape index (κ2) is 11.1. The molecule has 3 aromatic carbocycles. The molecule has 0 unspecified atom stereocenters. The van der Waals surface area contributed by atoms with Crippen molar-refractivity contribution < 1.29 is 14.3 Å². The van der Waals surface area contributed by atoms with Crippen LogP contribution in [0.5, 0.6) is 5.75 Å². The van der Waals surface area contributed by atoms with Gasteiger partial charge in [0.2, 0.25) is 11.9 Å². The van der Waals surface area contributed by atoms with E-state index >= 15 is 0 Å². The minimum absolute atomic E-state index is 0.0914. The van der Waals surface area contributed by atoms with E-state index in [0.29, 0.717) is 35.9 Å². The minimum atomic E-state index is -0.248. The summed E-state index contributed by atoms with van der Waals surface area (Å²) >= 11 is 0. The molecule has 0 atom stereocenters. The molecule has 192 valence electrons. The van der Waals surface area contributed by atoms with E-state index in [0.717, 1.165) is 24.1 Å². The fourth-order valence-electron chi connectivity index (χ4n) is 4.41. The maximum absolute atomic E-state index is 13.9. The van der Waals surface area contributed by atoms with Crippen LogP contribution in [0, 0.1) is 0 Å². The van der Waals surface area contributed by atoms with Crippen molar-refractivity contribution in [3.8, 4) is 5.75 Å². The van der Waals surface area contributed by atoms with Gasteiger partial charge in [0, 0.05) is 23.9 Å². The summed E-state index contributed by atoms with van der Waals surface area (Å²) in [5.74, 6) is 1.31. The van der Waals surface area contributed by atoms with Crippen molar-refractivity contribution in [2.75, 3.05) is 21.8 Å². The number of para-hydroxylation sites is 2. The van der Waals surface area contributed by atoms with Crippen LogP contribution in [0.2, 0.25) is 0 Å². The lowest BCUT2D eigenvalue weighted by molar-refractivity contribution is -0.118. The van der Waals surface area contributed by atoms with Crippen LogP contribution >= 0.6 is 0 Å². The maximum Gasteiger partial charge on any atom is 0.335 e. The molecule has 38 heavy (non-hydrogen) atoms. The number of ether oxygens (including phenoxy) is 1. The van der Waals surface area contributed by atoms with Gasteiger partial charge < -0.3 is 4.74 Å². The standard InChI is InChI=1S/C30H29N5O3/c1-3-4-15-27(36)34(24-11-7-5-8-12-24)29-31-20-22-21-33(23-16-18-26(38-2)19-17-23)30(37)35(28(22)32-29)25-13-9-6-10-14-25/h5-14,16-20H,3-4,15,21H2,1-2H3. The van der Waals surface area contributed by atoms with Gasteiger partial charge in [0.15, 0.2) is 5.82 Å². The highest BCUT2D eigenvalue weighted by molar-refractivity contribution is 6.10. The van der Waals surface area contributed by atoms with Gasteiger partial charge in [0.05, 0.1) is 25.0 Å². The molecule has 0 spiro atoms. The SMILES string of the molecule is CCCCC(=O)N(c1ccccc1)c1ncc2c(n1)N(c1ccccc1)C(=O)N(c1ccc(OC)cc1)C2. The Bertz CT molecular complexity index is 1410. The third-order valence-corrected chi connectivity index (χ3v) is 6.40. The van der Waals surface area contributed by atoms with Crippen LogP contribution in [0.3, 0.4) is 0 Å². The van der Waals surface area contributed by atoms with Crippen molar-refractivity contribution in [2.45, 2.75) is 32.7 Å². The third kappa shape index (κ3) is 4.93. The lowest BCUT2D eigenvalue weighted by Gasteiger charge is -2.36. The van der Waals surface area contributed by atoms with Crippen LogP contribution in [0.1, 0.15) is 31.7 Å². The number of amides is 3. The van der Waals surface area contributed by atoms with Gasteiger partial charge in [0.25, 0.3) is 0 Å². The number of urea groups is 1. The first-order valence-corrected chi connectivity index (χ1v) is 12.7. The molecule has 2 heterocycles. The normalized spacial score (nSPS) is 12.7. The first kappa shape index (κ1) is 25.0. The van der Waals surface area contributed by atoms with E-state index in [1.807, 2.05) is 91.9 Å². The molecule has 1 aromatic heterocycles. The fourth-order valence-corrected chi connectivity index (χ4v) is 4.41. The number of fused-ring (bicyclic) bond motifs is 1. The van der Waals surface area contributed by atoms with E-state index in [2.05, 4.69) is 4.98 Å². The smallest absolute Gasteiger partial charge is 0.335 e. The number of aromatic nitrogens is 2. The quantitative estimate of drug-likeness (QED) is 0.268. The number of benzene rings is 3. The molecule has 0 N–H and O–H groups in total. The number of rotatable bonds is 8. The highest BCUT2D eigenvalue weighted by Gasteiger charge is 2.35. The molecular formula is C30H29N5O3. The van der Waals surface area contributed by atoms with Gasteiger partial charge in [0.1, 0.15) is 5.75 Å². The van der Waals surface area contributed by atoms with Gasteiger partial charge in [-0.3, -0.25) is 9.69 Å². The highest BCUT2D eigenvalue weighted by atomic mass is 16.5. The molecule has 0 bridgehead atoms. The van der Waals surface area contributed by atoms with E-state index in [-0.39, 0.29) is 17.9 Å². The van der Waals surface area contributed by atoms with Crippen LogP contribution in [-0.4, -0.2) is 29.0 Å². The molecule has 5 rings (SSSR count). The average molecular weight is 508 g/mol. The maximum atomic E-state index is 13.9. The second-order valence-electron chi connectivity index (χ2n) is 8.92. The number of carbonyl (C=O) groups is 2. The van der Waals surface area contributed by atoms with E-state index in [1.165, 1.54) is 0 Å². The molecule has 4 aromatic rings. The largest absolute Gasteiger partial charge is 0.497 e. The summed E-state index contributed by atoms with van der Waals surface area (Å²) in [4.78, 5) is 41.5. The number of unbranched alkanes of at least 4 members (excludes halogenated alkanes) is 1. The Morgan fingerprint density at radius 2 is 1.63 bits per heavy atom. The molecule has 3 amide bonds. The van der Waals surface area contributed by atoms with Crippen molar-refractivity contribution in [3.05, 3.63) is 96.7 Å². The highest BCUT2D eigenvalue weighted by Crippen LogP contribution is 2.37. The summed E-state index contributed by atoms with van der Waals surface area (Å²) in [7, 11) is 1.61. The lowest BCUT2D eigenvalue weighted by atomic mass is 10.1. The number of hydrogen-bond donors (Lipinski definition) is 0. The number of carbonyl (C=O) groups excluding carboxylic acids is 2. The Labute approximate surface area is 222 Å². The van der Waals surface area contributed by atoms with E-state index in [4.69, 9.17) is 9.72 Å². The summed E-state index contributed by atoms with van der Waals surface area (Å²) in [6.45, 7) is 2.34. The first-order chi connectivity index (χ1) is 18.6. The molecule has 8 heteroatoms. The van der Waals surface area contributed by atoms with Gasteiger partial charge >= 0.3 is 6.03 Å². The van der Waals surface area contributed by atoms with Gasteiger partial charge in [-0.25, -0.2) is 19.6 Å². The van der Waals surface area contributed by atoms with Crippen molar-refractivity contribution in [1.29, 1.82) is 0 Å². The van der Waals surface area contributed by atoms with Crippen molar-refractivity contribution in [3.63, 3.8) is 0 Å². The lowest BCUT2D eigenvalue weighted by Crippen LogP contribution is -2.45. The predicted molar refractivity (Wildman–Crippen MR) is 148 cm³/mol. The Hall–Kier alpha value is -4.72. The third-order valence-electron chi connectivity index (χ3n) is 6.40. The van der Waals surface area contributed by atoms with Crippen LogP contribution in [0.15, 0.2) is 91.1 Å². The summed E-state index contributed by atoms with van der Waals surface area (Å²) in [5.41, 5.74) is 2.85. The Morgan fingerprint density at radius 1 is 0.947 bits per heavy atom. The fraction of sp³-hybridized carbons (Fsp3) is 0.200. The topological polar surface area (TPSA) is 78.9 Å². The molecule has 0 fully saturated rings. The zero-order valence-corrected chi connectivity index (χ0v) is 21.4. The average Bonchev–Trinajstić information content (AvgIpc) is 2.97. The van der Waals surface area contributed by atoms with E-state index in [1.54, 1.807) is 28.0 Å². The molecule has 1 aliphatic rings. The molecule has 0 radical (unpaired) electrons. The number of anilines is 5. The zero-order chi connectivity index (χ0) is 26.5. The molecular weight excluding hydrogens is 478 g/mol.